The first-order valence-corrected chi connectivity index (χ1v) is 18.9. The number of amides is 3. The van der Waals surface area contributed by atoms with Crippen molar-refractivity contribution in [3.8, 4) is 23.1 Å². The zero-order chi connectivity index (χ0) is 40.6. The number of ether oxygens (including phenoxy) is 4. The van der Waals surface area contributed by atoms with E-state index in [1.807, 2.05) is 72.8 Å². The van der Waals surface area contributed by atoms with Gasteiger partial charge in [-0.15, -0.1) is 0 Å². The van der Waals surface area contributed by atoms with E-state index < -0.39 is 12.2 Å². The molecule has 4 aromatic carbocycles. The van der Waals surface area contributed by atoms with E-state index in [-0.39, 0.29) is 29.4 Å². The number of anilines is 3. The lowest BCUT2D eigenvalue weighted by Gasteiger charge is -2.36. The number of hydrogen-bond donors (Lipinski definition) is 4. The van der Waals surface area contributed by atoms with Gasteiger partial charge in [-0.25, -0.2) is 14.5 Å². The number of rotatable bonds is 13. The van der Waals surface area contributed by atoms with Crippen LogP contribution in [0.3, 0.4) is 0 Å². The molecule has 0 radical (unpaired) electrons. The zero-order valence-corrected chi connectivity index (χ0v) is 33.1. The van der Waals surface area contributed by atoms with Crippen LogP contribution in [0.2, 0.25) is 0 Å². The monoisotopic (exact) mass is 785 g/mol. The van der Waals surface area contributed by atoms with Crippen molar-refractivity contribution in [2.75, 3.05) is 56.5 Å². The Kier molecular flexibility index (Phi) is 12.1. The molecule has 0 bridgehead atoms. The molecular formula is C43H47N9O6. The van der Waals surface area contributed by atoms with Crippen LogP contribution < -0.4 is 30.7 Å². The van der Waals surface area contributed by atoms with Crippen LogP contribution in [0, 0.1) is 0 Å². The Balaban J connectivity index is 1.09. The van der Waals surface area contributed by atoms with Crippen molar-refractivity contribution in [3.05, 3.63) is 121 Å². The Hall–Kier alpha value is -6.55. The van der Waals surface area contributed by atoms with Gasteiger partial charge in [0, 0.05) is 60.3 Å². The third kappa shape index (κ3) is 9.52. The molecule has 0 spiro atoms. The van der Waals surface area contributed by atoms with Gasteiger partial charge in [-0.1, -0.05) is 63.2 Å². The normalized spacial score (nSPS) is 15.0. The summed E-state index contributed by atoms with van der Waals surface area (Å²) in [5.74, 6) is 2.02. The van der Waals surface area contributed by atoms with Crippen LogP contribution in [-0.4, -0.2) is 89.5 Å². The Morgan fingerprint density at radius 3 is 2.41 bits per heavy atom. The third-order valence-corrected chi connectivity index (χ3v) is 9.54. The molecule has 3 heterocycles. The van der Waals surface area contributed by atoms with E-state index >= 15 is 0 Å². The Morgan fingerprint density at radius 1 is 0.914 bits per heavy atom. The van der Waals surface area contributed by atoms with Crippen molar-refractivity contribution in [3.63, 3.8) is 0 Å². The second kappa shape index (κ2) is 17.7. The molecule has 1 saturated heterocycles. The fourth-order valence-electron chi connectivity index (χ4n) is 6.47. The minimum absolute atomic E-state index is 0.251. The number of methoxy groups -OCH3 is 2. The number of morpholine rings is 1. The molecule has 2 aromatic heterocycles. The molecule has 1 aliphatic rings. The van der Waals surface area contributed by atoms with Gasteiger partial charge in [0.15, 0.2) is 0 Å². The number of carbonyl (C=O) groups is 2. The third-order valence-electron chi connectivity index (χ3n) is 9.54. The quantitative estimate of drug-likeness (QED) is 0.0889. The predicted molar refractivity (Wildman–Crippen MR) is 222 cm³/mol. The van der Waals surface area contributed by atoms with Crippen LogP contribution in [0.5, 0.6) is 17.4 Å². The molecular weight excluding hydrogens is 739 g/mol. The van der Waals surface area contributed by atoms with Gasteiger partial charge in [0.05, 0.1) is 37.4 Å². The van der Waals surface area contributed by atoms with Crippen molar-refractivity contribution in [1.29, 1.82) is 0 Å². The minimum Gasteiger partial charge on any atom is -0.497 e. The molecule has 15 nitrogen and oxygen atoms in total. The SMILES string of the molecule is COc1ccc(-n2nc(C(C)(C)C)cc2NC(=O)Nc2ccc(Oc3ccnc(NC(CN4CCOCC4OC)NC(=O)c4ccccc4)n3)c3ccccc23)cc1. The standard InChI is InChI=1S/C43H47N9O6/c1-43(2,3)35-25-37(52(50-35)29-15-17-30(55-4)18-16-29)48-42(54)45-33-19-20-34(32-14-10-9-13-31(32)33)58-38-21-22-44-41(49-38)47-36(26-51-23-24-57-27-39(51)56-5)46-40(53)28-11-7-6-8-12-28/h6-22,25,36,39H,23-24,26-27H2,1-5H3,(H,46,53)(H,44,47,49)(H2,45,48,54). The maximum atomic E-state index is 13.6. The predicted octanol–water partition coefficient (Wildman–Crippen LogP) is 7.03. The number of fused-ring (bicyclic) bond motifs is 1. The Morgan fingerprint density at radius 2 is 1.67 bits per heavy atom. The maximum absolute atomic E-state index is 13.6. The number of urea groups is 1. The highest BCUT2D eigenvalue weighted by atomic mass is 16.5. The lowest BCUT2D eigenvalue weighted by molar-refractivity contribution is -0.125. The summed E-state index contributed by atoms with van der Waals surface area (Å²) >= 11 is 0. The van der Waals surface area contributed by atoms with Gasteiger partial charge < -0.3 is 34.9 Å². The molecule has 6 aromatic rings. The molecule has 4 N–H and O–H groups in total. The van der Waals surface area contributed by atoms with Crippen molar-refractivity contribution in [1.82, 2.24) is 30.0 Å². The molecule has 1 aliphatic heterocycles. The number of benzene rings is 4. The number of nitrogens with zero attached hydrogens (tertiary/aromatic N) is 5. The highest BCUT2D eigenvalue weighted by Gasteiger charge is 2.27. The van der Waals surface area contributed by atoms with Crippen molar-refractivity contribution >= 4 is 40.2 Å². The lowest BCUT2D eigenvalue weighted by Crippen LogP contribution is -2.55. The first-order chi connectivity index (χ1) is 28.1. The fourth-order valence-corrected chi connectivity index (χ4v) is 6.47. The van der Waals surface area contributed by atoms with Crippen molar-refractivity contribution < 1.29 is 28.5 Å². The van der Waals surface area contributed by atoms with Gasteiger partial charge in [0.25, 0.3) is 5.91 Å². The fraction of sp³-hybridized carbons (Fsp3) is 0.279. The Bertz CT molecular complexity index is 2350. The van der Waals surface area contributed by atoms with E-state index in [0.717, 1.165) is 22.2 Å². The van der Waals surface area contributed by atoms with Crippen LogP contribution >= 0.6 is 0 Å². The lowest BCUT2D eigenvalue weighted by atomic mass is 9.92. The van der Waals surface area contributed by atoms with Gasteiger partial charge in [0.1, 0.15) is 29.7 Å². The van der Waals surface area contributed by atoms with Crippen LogP contribution in [0.15, 0.2) is 109 Å². The van der Waals surface area contributed by atoms with E-state index in [2.05, 4.69) is 56.9 Å². The molecule has 2 unspecified atom stereocenters. The van der Waals surface area contributed by atoms with Crippen LogP contribution in [0.1, 0.15) is 36.8 Å². The molecule has 7 rings (SSSR count). The second-order valence-corrected chi connectivity index (χ2v) is 14.6. The van der Waals surface area contributed by atoms with Gasteiger partial charge >= 0.3 is 6.03 Å². The average molecular weight is 786 g/mol. The molecule has 300 valence electrons. The van der Waals surface area contributed by atoms with E-state index in [0.29, 0.717) is 54.9 Å². The number of hydrogen-bond acceptors (Lipinski definition) is 11. The molecule has 3 amide bonds. The van der Waals surface area contributed by atoms with Gasteiger partial charge in [-0.3, -0.25) is 15.0 Å². The summed E-state index contributed by atoms with van der Waals surface area (Å²) in [7, 11) is 3.25. The number of nitrogens with one attached hydrogen (secondary N) is 4. The zero-order valence-electron chi connectivity index (χ0n) is 33.1. The largest absolute Gasteiger partial charge is 0.497 e. The molecule has 15 heteroatoms. The molecule has 58 heavy (non-hydrogen) atoms. The van der Waals surface area contributed by atoms with E-state index in [1.54, 1.807) is 55.4 Å². The van der Waals surface area contributed by atoms with Gasteiger partial charge in [-0.05, 0) is 48.5 Å². The molecule has 1 fully saturated rings. The van der Waals surface area contributed by atoms with Crippen LogP contribution in [0.25, 0.3) is 16.5 Å². The molecule has 0 saturated carbocycles. The average Bonchev–Trinajstić information content (AvgIpc) is 3.67. The van der Waals surface area contributed by atoms with Crippen molar-refractivity contribution in [2.24, 2.45) is 0 Å². The Labute approximate surface area is 336 Å². The molecule has 2 atom stereocenters. The van der Waals surface area contributed by atoms with Gasteiger partial charge in [-0.2, -0.15) is 10.1 Å². The van der Waals surface area contributed by atoms with E-state index in [9.17, 15) is 9.59 Å². The summed E-state index contributed by atoms with van der Waals surface area (Å²) < 4.78 is 24.6. The summed E-state index contributed by atoms with van der Waals surface area (Å²) in [6.45, 7) is 8.17. The smallest absolute Gasteiger partial charge is 0.324 e. The van der Waals surface area contributed by atoms with E-state index in [1.165, 1.54) is 0 Å². The van der Waals surface area contributed by atoms with Crippen LogP contribution in [0.4, 0.5) is 22.2 Å². The van der Waals surface area contributed by atoms with Crippen molar-refractivity contribution in [2.45, 2.75) is 38.6 Å². The first kappa shape index (κ1) is 39.7. The van der Waals surface area contributed by atoms with E-state index in [4.69, 9.17) is 24.0 Å². The summed E-state index contributed by atoms with van der Waals surface area (Å²) in [5.41, 5.74) is 2.43. The number of aromatic nitrogens is 4. The highest BCUT2D eigenvalue weighted by molar-refractivity contribution is 6.07. The topological polar surface area (TPSA) is 166 Å². The summed E-state index contributed by atoms with van der Waals surface area (Å²) in [6, 6.07) is 30.7. The maximum Gasteiger partial charge on any atom is 0.324 e. The van der Waals surface area contributed by atoms with Crippen LogP contribution in [-0.2, 0) is 14.9 Å². The summed E-state index contributed by atoms with van der Waals surface area (Å²) in [4.78, 5) is 38.0. The highest BCUT2D eigenvalue weighted by Crippen LogP contribution is 2.34. The van der Waals surface area contributed by atoms with Gasteiger partial charge in [0.2, 0.25) is 11.8 Å². The second-order valence-electron chi connectivity index (χ2n) is 14.6. The molecule has 0 aliphatic carbocycles. The first-order valence-electron chi connectivity index (χ1n) is 18.9. The summed E-state index contributed by atoms with van der Waals surface area (Å²) in [6.07, 6.45) is 0.714. The minimum atomic E-state index is -0.592. The summed E-state index contributed by atoms with van der Waals surface area (Å²) in [5, 5.41) is 18.7. The number of carbonyl (C=O) groups excluding carboxylic acids is 2.